The molecular weight excluding hydrogens is 116 g/mol. The second-order valence-electron chi connectivity index (χ2n) is 2.20. The predicted octanol–water partition coefficient (Wildman–Crippen LogP) is 1.81. The van der Waals surface area contributed by atoms with E-state index in [2.05, 4.69) is 6.92 Å². The van der Waals surface area contributed by atoms with Crippen molar-refractivity contribution < 1.29 is 4.43 Å². The maximum absolute atomic E-state index is 5.53. The number of hydrogen-bond donors (Lipinski definition) is 0. The summed E-state index contributed by atoms with van der Waals surface area (Å²) >= 11 is 0. The standard InChI is InChI=1S/C6H13OSi/c1-2-8-6-4-3-5-7-8/h2-6H2,1H3. The van der Waals surface area contributed by atoms with Gasteiger partial charge in [-0.25, -0.2) is 0 Å². The van der Waals surface area contributed by atoms with E-state index in [1.54, 1.807) is 0 Å². The molecular formula is C6H13OSi. The van der Waals surface area contributed by atoms with E-state index < -0.39 is 0 Å². The molecule has 0 atom stereocenters. The Morgan fingerprint density at radius 2 is 2.38 bits per heavy atom. The average molecular weight is 129 g/mol. The van der Waals surface area contributed by atoms with Crippen molar-refractivity contribution in [3.05, 3.63) is 0 Å². The van der Waals surface area contributed by atoms with E-state index in [4.69, 9.17) is 4.43 Å². The Morgan fingerprint density at radius 1 is 1.50 bits per heavy atom. The molecule has 1 fully saturated rings. The zero-order valence-electron chi connectivity index (χ0n) is 5.44. The first-order chi connectivity index (χ1) is 3.93. The first-order valence-electron chi connectivity index (χ1n) is 3.41. The fourth-order valence-electron chi connectivity index (χ4n) is 0.992. The number of rotatable bonds is 1. The normalized spacial score (nSPS) is 23.6. The van der Waals surface area contributed by atoms with Crippen LogP contribution >= 0.6 is 0 Å². The van der Waals surface area contributed by atoms with Gasteiger partial charge in [-0.15, -0.1) is 0 Å². The van der Waals surface area contributed by atoms with Gasteiger partial charge in [-0.2, -0.15) is 0 Å². The predicted molar refractivity (Wildman–Crippen MR) is 36.2 cm³/mol. The van der Waals surface area contributed by atoms with Gasteiger partial charge in [-0.1, -0.05) is 13.3 Å². The molecule has 1 saturated heterocycles. The smallest absolute Gasteiger partial charge is 0.211 e. The van der Waals surface area contributed by atoms with E-state index in [9.17, 15) is 0 Å². The summed E-state index contributed by atoms with van der Waals surface area (Å²) in [4.78, 5) is 0. The minimum Gasteiger partial charge on any atom is -0.417 e. The Hall–Kier alpha value is 0.177. The Balaban J connectivity index is 2.13. The summed E-state index contributed by atoms with van der Waals surface area (Å²) in [6, 6.07) is 2.69. The zero-order chi connectivity index (χ0) is 5.82. The van der Waals surface area contributed by atoms with Crippen molar-refractivity contribution in [3.63, 3.8) is 0 Å². The fraction of sp³-hybridized carbons (Fsp3) is 1.00. The topological polar surface area (TPSA) is 9.23 Å². The summed E-state index contributed by atoms with van der Waals surface area (Å²) < 4.78 is 5.53. The zero-order valence-corrected chi connectivity index (χ0v) is 6.44. The Kier molecular flexibility index (Phi) is 2.56. The van der Waals surface area contributed by atoms with Crippen molar-refractivity contribution >= 4 is 9.04 Å². The third-order valence-corrected chi connectivity index (χ3v) is 3.86. The van der Waals surface area contributed by atoms with Crippen LogP contribution in [0, 0.1) is 0 Å². The van der Waals surface area contributed by atoms with E-state index in [1.165, 1.54) is 24.9 Å². The summed E-state index contributed by atoms with van der Waals surface area (Å²) in [6.07, 6.45) is 2.72. The fourth-order valence-corrected chi connectivity index (χ4v) is 2.77. The van der Waals surface area contributed by atoms with Gasteiger partial charge >= 0.3 is 0 Å². The molecule has 8 heavy (non-hydrogen) atoms. The molecule has 1 aliphatic rings. The molecule has 1 radical (unpaired) electrons. The molecule has 0 N–H and O–H groups in total. The van der Waals surface area contributed by atoms with Crippen LogP contribution in [0.25, 0.3) is 0 Å². The highest BCUT2D eigenvalue weighted by molar-refractivity contribution is 6.51. The lowest BCUT2D eigenvalue weighted by Crippen LogP contribution is -2.21. The van der Waals surface area contributed by atoms with Gasteiger partial charge in [0.25, 0.3) is 0 Å². The van der Waals surface area contributed by atoms with Crippen LogP contribution in [0.15, 0.2) is 0 Å². The van der Waals surface area contributed by atoms with E-state index >= 15 is 0 Å². The largest absolute Gasteiger partial charge is 0.417 e. The SMILES string of the molecule is CC[Si]1CCCCO1. The summed E-state index contributed by atoms with van der Waals surface area (Å²) in [5.74, 6) is 0. The Bertz CT molecular complexity index is 59.5. The van der Waals surface area contributed by atoms with Gasteiger partial charge in [0.05, 0.1) is 0 Å². The molecule has 47 valence electrons. The molecule has 0 bridgehead atoms. The maximum atomic E-state index is 5.53. The molecule has 1 nitrogen and oxygen atoms in total. The van der Waals surface area contributed by atoms with Crippen LogP contribution < -0.4 is 0 Å². The lowest BCUT2D eigenvalue weighted by atomic mass is 10.4. The van der Waals surface area contributed by atoms with Crippen LogP contribution in [0.5, 0.6) is 0 Å². The molecule has 2 heteroatoms. The second-order valence-corrected chi connectivity index (χ2v) is 4.77. The van der Waals surface area contributed by atoms with Crippen LogP contribution in [0.1, 0.15) is 19.8 Å². The lowest BCUT2D eigenvalue weighted by molar-refractivity contribution is 0.287. The van der Waals surface area contributed by atoms with Crippen LogP contribution in [0.2, 0.25) is 12.1 Å². The average Bonchev–Trinajstić information content (AvgIpc) is 1.90. The van der Waals surface area contributed by atoms with Crippen LogP contribution in [-0.2, 0) is 4.43 Å². The quantitative estimate of drug-likeness (QED) is 0.491. The highest BCUT2D eigenvalue weighted by Crippen LogP contribution is 2.12. The summed E-state index contributed by atoms with van der Waals surface area (Å²) in [5, 5.41) is 0. The molecule has 0 aromatic carbocycles. The van der Waals surface area contributed by atoms with Crippen molar-refractivity contribution in [1.29, 1.82) is 0 Å². The van der Waals surface area contributed by atoms with Crippen molar-refractivity contribution in [2.24, 2.45) is 0 Å². The molecule has 0 saturated carbocycles. The van der Waals surface area contributed by atoms with Gasteiger partial charge in [-0.3, -0.25) is 0 Å². The van der Waals surface area contributed by atoms with Crippen LogP contribution in [0.3, 0.4) is 0 Å². The van der Waals surface area contributed by atoms with Crippen molar-refractivity contribution in [2.75, 3.05) is 6.61 Å². The van der Waals surface area contributed by atoms with Crippen LogP contribution in [0.4, 0.5) is 0 Å². The minimum absolute atomic E-state index is 0.287. The van der Waals surface area contributed by atoms with Gasteiger partial charge in [0.1, 0.15) is 0 Å². The van der Waals surface area contributed by atoms with Gasteiger partial charge < -0.3 is 4.43 Å². The Morgan fingerprint density at radius 3 is 2.75 bits per heavy atom. The molecule has 0 amide bonds. The second kappa shape index (κ2) is 3.25. The van der Waals surface area contributed by atoms with Crippen molar-refractivity contribution in [3.8, 4) is 0 Å². The highest BCUT2D eigenvalue weighted by Gasteiger charge is 2.13. The van der Waals surface area contributed by atoms with Gasteiger partial charge in [0.2, 0.25) is 9.04 Å². The first-order valence-corrected chi connectivity index (χ1v) is 5.23. The third-order valence-electron chi connectivity index (χ3n) is 1.55. The molecule has 0 aromatic heterocycles. The molecule has 0 unspecified atom stereocenters. The first kappa shape index (κ1) is 6.30. The van der Waals surface area contributed by atoms with Gasteiger partial charge in [-0.05, 0) is 18.5 Å². The third kappa shape index (κ3) is 1.60. The van der Waals surface area contributed by atoms with Crippen molar-refractivity contribution in [1.82, 2.24) is 0 Å². The van der Waals surface area contributed by atoms with Crippen molar-refractivity contribution in [2.45, 2.75) is 31.9 Å². The van der Waals surface area contributed by atoms with Crippen LogP contribution in [-0.4, -0.2) is 15.6 Å². The maximum Gasteiger partial charge on any atom is 0.211 e. The molecule has 1 heterocycles. The molecule has 1 rings (SSSR count). The minimum atomic E-state index is -0.287. The molecule has 0 aromatic rings. The summed E-state index contributed by atoms with van der Waals surface area (Å²) in [6.45, 7) is 3.28. The van der Waals surface area contributed by atoms with E-state index in [0.29, 0.717) is 0 Å². The highest BCUT2D eigenvalue weighted by atomic mass is 28.3. The summed E-state index contributed by atoms with van der Waals surface area (Å²) in [7, 11) is -0.287. The lowest BCUT2D eigenvalue weighted by Gasteiger charge is -2.17. The van der Waals surface area contributed by atoms with E-state index in [0.717, 1.165) is 6.61 Å². The monoisotopic (exact) mass is 129 g/mol. The summed E-state index contributed by atoms with van der Waals surface area (Å²) in [5.41, 5.74) is 0. The molecule has 0 aliphatic carbocycles. The van der Waals surface area contributed by atoms with E-state index in [1.807, 2.05) is 0 Å². The molecule has 1 aliphatic heterocycles. The number of hydrogen-bond acceptors (Lipinski definition) is 1. The Labute approximate surface area is 52.8 Å². The van der Waals surface area contributed by atoms with Gasteiger partial charge in [0.15, 0.2) is 0 Å². The van der Waals surface area contributed by atoms with E-state index in [-0.39, 0.29) is 9.04 Å². The van der Waals surface area contributed by atoms with Gasteiger partial charge in [0, 0.05) is 6.61 Å². The molecule has 0 spiro atoms.